The lowest BCUT2D eigenvalue weighted by molar-refractivity contribution is -0.133. The van der Waals surface area contributed by atoms with Gasteiger partial charge in [0.05, 0.1) is 6.04 Å². The van der Waals surface area contributed by atoms with Gasteiger partial charge in [-0.1, -0.05) is 29.8 Å². The van der Waals surface area contributed by atoms with Crippen LogP contribution in [0.1, 0.15) is 44.4 Å². The fraction of sp³-hybridized carbons (Fsp3) is 0.533. The van der Waals surface area contributed by atoms with E-state index in [0.717, 1.165) is 5.56 Å². The third kappa shape index (κ3) is 2.27. The maximum Gasteiger partial charge on any atom is 0.225 e. The number of hydrogen-bond donors (Lipinski definition) is 1. The molecule has 3 nitrogen and oxygen atoms in total. The molecule has 2 atom stereocenters. The molecular weight excluding hydrogens is 224 g/mol. The van der Waals surface area contributed by atoms with Crippen molar-refractivity contribution in [3.05, 3.63) is 35.4 Å². The van der Waals surface area contributed by atoms with Gasteiger partial charge in [-0.3, -0.25) is 4.79 Å². The summed E-state index contributed by atoms with van der Waals surface area (Å²) < 4.78 is 0. The standard InChI is InChI=1S/C15H22N2O/c1-10-6-5-7-11(8-10)14-12(16)9-13(18)17(14)15(2,3)4/h5-8,12,14H,9,16H2,1-4H3. The monoisotopic (exact) mass is 246 g/mol. The lowest BCUT2D eigenvalue weighted by Crippen LogP contribution is -2.45. The Hall–Kier alpha value is -1.35. The molecule has 0 saturated carbocycles. The van der Waals surface area contributed by atoms with E-state index in [1.807, 2.05) is 11.0 Å². The quantitative estimate of drug-likeness (QED) is 0.827. The molecule has 3 heteroatoms. The summed E-state index contributed by atoms with van der Waals surface area (Å²) in [4.78, 5) is 14.1. The number of nitrogens with zero attached hydrogens (tertiary/aromatic N) is 1. The van der Waals surface area contributed by atoms with Crippen molar-refractivity contribution in [3.63, 3.8) is 0 Å². The molecule has 2 N–H and O–H groups in total. The van der Waals surface area contributed by atoms with Crippen LogP contribution >= 0.6 is 0 Å². The van der Waals surface area contributed by atoms with E-state index >= 15 is 0 Å². The Labute approximate surface area is 109 Å². The lowest BCUT2D eigenvalue weighted by Gasteiger charge is -2.38. The molecule has 98 valence electrons. The van der Waals surface area contributed by atoms with Gasteiger partial charge in [0.15, 0.2) is 0 Å². The molecule has 2 unspecified atom stereocenters. The van der Waals surface area contributed by atoms with Gasteiger partial charge in [-0.05, 0) is 33.3 Å². The van der Waals surface area contributed by atoms with Gasteiger partial charge in [0.2, 0.25) is 5.91 Å². The Morgan fingerprint density at radius 1 is 1.33 bits per heavy atom. The van der Waals surface area contributed by atoms with Gasteiger partial charge < -0.3 is 10.6 Å². The van der Waals surface area contributed by atoms with Gasteiger partial charge >= 0.3 is 0 Å². The van der Waals surface area contributed by atoms with Crippen LogP contribution in [0.25, 0.3) is 0 Å². The van der Waals surface area contributed by atoms with Gasteiger partial charge in [-0.15, -0.1) is 0 Å². The SMILES string of the molecule is Cc1cccc(C2C(N)CC(=O)N2C(C)(C)C)c1. The Morgan fingerprint density at radius 2 is 2.00 bits per heavy atom. The zero-order valence-electron chi connectivity index (χ0n) is 11.6. The van der Waals surface area contributed by atoms with Gasteiger partial charge in [0.1, 0.15) is 0 Å². The zero-order chi connectivity index (χ0) is 13.5. The van der Waals surface area contributed by atoms with Crippen LogP contribution in [0.15, 0.2) is 24.3 Å². The molecule has 0 spiro atoms. The number of likely N-dealkylation sites (tertiary alicyclic amines) is 1. The van der Waals surface area contributed by atoms with Crippen molar-refractivity contribution in [1.29, 1.82) is 0 Å². The third-order valence-corrected chi connectivity index (χ3v) is 3.47. The summed E-state index contributed by atoms with van der Waals surface area (Å²) in [7, 11) is 0. The van der Waals surface area contributed by atoms with Gasteiger partial charge in [-0.25, -0.2) is 0 Å². The molecule has 0 radical (unpaired) electrons. The average Bonchev–Trinajstić information content (AvgIpc) is 2.53. The number of carbonyl (C=O) groups is 1. The summed E-state index contributed by atoms with van der Waals surface area (Å²) >= 11 is 0. The van der Waals surface area contributed by atoms with Crippen LogP contribution in [0, 0.1) is 6.92 Å². The first-order chi connectivity index (χ1) is 8.30. The third-order valence-electron chi connectivity index (χ3n) is 3.47. The van der Waals surface area contributed by atoms with E-state index < -0.39 is 0 Å². The zero-order valence-corrected chi connectivity index (χ0v) is 11.6. The minimum Gasteiger partial charge on any atom is -0.329 e. The molecule has 1 heterocycles. The molecule has 1 aromatic rings. The average molecular weight is 246 g/mol. The molecule has 0 aliphatic carbocycles. The van der Waals surface area contributed by atoms with Crippen molar-refractivity contribution in [2.24, 2.45) is 5.73 Å². The number of nitrogens with two attached hydrogens (primary N) is 1. The molecule has 0 bridgehead atoms. The van der Waals surface area contributed by atoms with E-state index in [9.17, 15) is 4.79 Å². The number of rotatable bonds is 1. The van der Waals surface area contributed by atoms with Gasteiger partial charge in [-0.2, -0.15) is 0 Å². The number of benzene rings is 1. The van der Waals surface area contributed by atoms with Crippen molar-refractivity contribution in [2.45, 2.75) is 51.7 Å². The van der Waals surface area contributed by atoms with Crippen LogP contribution in [-0.4, -0.2) is 22.4 Å². The smallest absolute Gasteiger partial charge is 0.225 e. The minimum atomic E-state index is -0.195. The highest BCUT2D eigenvalue weighted by Gasteiger charge is 2.43. The molecular formula is C15H22N2O. The van der Waals surface area contributed by atoms with E-state index in [1.165, 1.54) is 5.56 Å². The number of carbonyl (C=O) groups excluding carboxylic acids is 1. The lowest BCUT2D eigenvalue weighted by atomic mass is 9.96. The summed E-state index contributed by atoms with van der Waals surface area (Å²) in [6, 6.07) is 8.17. The summed E-state index contributed by atoms with van der Waals surface area (Å²) in [5.74, 6) is 0.154. The largest absolute Gasteiger partial charge is 0.329 e. The predicted molar refractivity (Wildman–Crippen MR) is 73.1 cm³/mol. The van der Waals surface area contributed by atoms with E-state index in [1.54, 1.807) is 0 Å². The minimum absolute atomic E-state index is 0.00241. The first kappa shape index (κ1) is 13.1. The molecule has 1 amide bonds. The van der Waals surface area contributed by atoms with Crippen molar-refractivity contribution in [3.8, 4) is 0 Å². The molecule has 1 aliphatic heterocycles. The van der Waals surface area contributed by atoms with E-state index in [0.29, 0.717) is 6.42 Å². The Bertz CT molecular complexity index is 462. The number of hydrogen-bond acceptors (Lipinski definition) is 2. The first-order valence-electron chi connectivity index (χ1n) is 6.45. The van der Waals surface area contributed by atoms with Crippen molar-refractivity contribution < 1.29 is 4.79 Å². The maximum absolute atomic E-state index is 12.1. The van der Waals surface area contributed by atoms with Crippen molar-refractivity contribution >= 4 is 5.91 Å². The van der Waals surface area contributed by atoms with Crippen LogP contribution in [0.3, 0.4) is 0 Å². The topological polar surface area (TPSA) is 46.3 Å². The second kappa shape index (κ2) is 4.39. The maximum atomic E-state index is 12.1. The molecule has 0 aromatic heterocycles. The summed E-state index contributed by atoms with van der Waals surface area (Å²) in [6.07, 6.45) is 0.440. The van der Waals surface area contributed by atoms with Gasteiger partial charge in [0.25, 0.3) is 0 Å². The Kier molecular flexibility index (Phi) is 3.20. The molecule has 18 heavy (non-hydrogen) atoms. The Morgan fingerprint density at radius 3 is 2.56 bits per heavy atom. The molecule has 1 aromatic carbocycles. The summed E-state index contributed by atoms with van der Waals surface area (Å²) in [6.45, 7) is 8.25. The second-order valence-corrected chi connectivity index (χ2v) is 6.16. The van der Waals surface area contributed by atoms with Crippen LogP contribution in [-0.2, 0) is 4.79 Å². The van der Waals surface area contributed by atoms with Gasteiger partial charge in [0, 0.05) is 18.0 Å². The molecule has 1 saturated heterocycles. The van der Waals surface area contributed by atoms with E-state index in [2.05, 4.69) is 45.9 Å². The fourth-order valence-electron chi connectivity index (χ4n) is 2.80. The fourth-order valence-corrected chi connectivity index (χ4v) is 2.80. The van der Waals surface area contributed by atoms with Crippen LogP contribution in [0.2, 0.25) is 0 Å². The molecule has 1 aliphatic rings. The van der Waals surface area contributed by atoms with Crippen molar-refractivity contribution in [2.75, 3.05) is 0 Å². The van der Waals surface area contributed by atoms with Crippen LogP contribution in [0.5, 0.6) is 0 Å². The number of amides is 1. The Balaban J connectivity index is 2.43. The number of aryl methyl sites for hydroxylation is 1. The highest BCUT2D eigenvalue weighted by Crippen LogP contribution is 2.37. The predicted octanol–water partition coefficient (Wildman–Crippen LogP) is 2.39. The van der Waals surface area contributed by atoms with Crippen molar-refractivity contribution in [1.82, 2.24) is 4.90 Å². The second-order valence-electron chi connectivity index (χ2n) is 6.16. The summed E-state index contributed by atoms with van der Waals surface area (Å²) in [5, 5.41) is 0. The first-order valence-corrected chi connectivity index (χ1v) is 6.45. The highest BCUT2D eigenvalue weighted by molar-refractivity contribution is 5.81. The summed E-state index contributed by atoms with van der Waals surface area (Å²) in [5.41, 5.74) is 8.32. The van der Waals surface area contributed by atoms with Crippen LogP contribution in [0.4, 0.5) is 0 Å². The normalized spacial score (nSPS) is 24.7. The molecule has 2 rings (SSSR count). The van der Waals surface area contributed by atoms with E-state index in [4.69, 9.17) is 5.73 Å². The van der Waals surface area contributed by atoms with Crippen LogP contribution < -0.4 is 5.73 Å². The van der Waals surface area contributed by atoms with E-state index in [-0.39, 0.29) is 23.5 Å². The highest BCUT2D eigenvalue weighted by atomic mass is 16.2. The molecule has 1 fully saturated rings.